The normalized spacial score (nSPS) is 10.6. The molecule has 0 saturated carbocycles. The van der Waals surface area contributed by atoms with Gasteiger partial charge in [-0.2, -0.15) is 0 Å². The highest BCUT2D eigenvalue weighted by atomic mass is 19.2. The minimum atomic E-state index is -1.64. The molecule has 0 saturated heterocycles. The number of carbonyl (C=O) groups excluding carboxylic acids is 1. The van der Waals surface area contributed by atoms with Crippen LogP contribution in [0.5, 0.6) is 0 Å². The molecule has 3 aromatic rings. The van der Waals surface area contributed by atoms with E-state index in [1.54, 1.807) is 6.07 Å². The van der Waals surface area contributed by atoms with Gasteiger partial charge in [0.25, 0.3) is 0 Å². The number of aromatic nitrogens is 1. The summed E-state index contributed by atoms with van der Waals surface area (Å²) in [5, 5.41) is 5.94. The average molecular weight is 332 g/mol. The Kier molecular flexibility index (Phi) is 4.33. The van der Waals surface area contributed by atoms with Gasteiger partial charge in [-0.05, 0) is 12.1 Å². The molecule has 0 radical (unpaired) electrons. The van der Waals surface area contributed by atoms with Crippen molar-refractivity contribution in [2.45, 2.75) is 6.42 Å². The van der Waals surface area contributed by atoms with Gasteiger partial charge >= 0.3 is 0 Å². The van der Waals surface area contributed by atoms with Crippen molar-refractivity contribution in [3.63, 3.8) is 0 Å². The maximum atomic E-state index is 13.5. The van der Waals surface area contributed by atoms with E-state index in [0.717, 1.165) is 17.7 Å². The smallest absolute Gasteiger partial charge is 0.230 e. The van der Waals surface area contributed by atoms with Crippen LogP contribution in [-0.4, -0.2) is 11.1 Å². The van der Waals surface area contributed by atoms with Gasteiger partial charge in [0.1, 0.15) is 0 Å². The molecule has 1 N–H and O–H groups in total. The maximum Gasteiger partial charge on any atom is 0.230 e. The van der Waals surface area contributed by atoms with Crippen LogP contribution in [0.25, 0.3) is 11.3 Å². The first-order chi connectivity index (χ1) is 11.5. The Morgan fingerprint density at radius 2 is 1.79 bits per heavy atom. The number of halogens is 3. The van der Waals surface area contributed by atoms with Gasteiger partial charge in [-0.3, -0.25) is 4.79 Å². The van der Waals surface area contributed by atoms with E-state index in [9.17, 15) is 18.0 Å². The molecule has 4 nitrogen and oxygen atoms in total. The number of nitrogens with one attached hydrogen (secondary N) is 1. The van der Waals surface area contributed by atoms with Crippen LogP contribution in [0, 0.1) is 17.5 Å². The van der Waals surface area contributed by atoms with E-state index in [2.05, 4.69) is 10.5 Å². The summed E-state index contributed by atoms with van der Waals surface area (Å²) in [7, 11) is 0. The van der Waals surface area contributed by atoms with Gasteiger partial charge in [0.15, 0.2) is 23.2 Å². The van der Waals surface area contributed by atoms with Gasteiger partial charge < -0.3 is 9.84 Å². The summed E-state index contributed by atoms with van der Waals surface area (Å²) in [5.41, 5.74) is 0.684. The van der Waals surface area contributed by atoms with E-state index < -0.39 is 29.0 Å². The zero-order valence-electron chi connectivity index (χ0n) is 12.2. The highest BCUT2D eigenvalue weighted by Crippen LogP contribution is 2.21. The summed E-state index contributed by atoms with van der Waals surface area (Å²) in [5.74, 6) is -4.56. The van der Waals surface area contributed by atoms with E-state index in [4.69, 9.17) is 4.52 Å². The van der Waals surface area contributed by atoms with Gasteiger partial charge in [0.2, 0.25) is 5.91 Å². The Hall–Kier alpha value is -3.09. The van der Waals surface area contributed by atoms with Gasteiger partial charge in [0.05, 0.1) is 17.8 Å². The lowest BCUT2D eigenvalue weighted by Gasteiger charge is -2.06. The van der Waals surface area contributed by atoms with Crippen LogP contribution in [0.15, 0.2) is 53.1 Å². The molecule has 0 aliphatic heterocycles. The van der Waals surface area contributed by atoms with Crippen molar-refractivity contribution >= 4 is 11.6 Å². The summed E-state index contributed by atoms with van der Waals surface area (Å²) in [4.78, 5) is 11.9. The van der Waals surface area contributed by atoms with E-state index in [-0.39, 0.29) is 6.42 Å². The van der Waals surface area contributed by atoms with Crippen LogP contribution in [0.2, 0.25) is 0 Å². The highest BCUT2D eigenvalue weighted by Gasteiger charge is 2.16. The van der Waals surface area contributed by atoms with Crippen LogP contribution in [0.1, 0.15) is 5.69 Å². The second kappa shape index (κ2) is 6.57. The first kappa shape index (κ1) is 15.8. The molecular weight excluding hydrogens is 321 g/mol. The minimum Gasteiger partial charge on any atom is -0.356 e. The Morgan fingerprint density at radius 3 is 2.54 bits per heavy atom. The molecule has 1 heterocycles. The SMILES string of the molecule is O=C(Cc1cc(-c2ccccc2)on1)Nc1ccc(F)c(F)c1F. The number of rotatable bonds is 4. The third-order valence-electron chi connectivity index (χ3n) is 3.27. The molecule has 1 aromatic heterocycles. The topological polar surface area (TPSA) is 55.1 Å². The zero-order chi connectivity index (χ0) is 17.1. The van der Waals surface area contributed by atoms with E-state index in [1.807, 2.05) is 30.3 Å². The monoisotopic (exact) mass is 332 g/mol. The third kappa shape index (κ3) is 3.29. The standard InChI is InChI=1S/C17H11F3N2O2/c18-12-6-7-13(17(20)16(12)19)21-15(23)9-11-8-14(24-22-11)10-4-2-1-3-5-10/h1-8H,9H2,(H,21,23). The van der Waals surface area contributed by atoms with Crippen LogP contribution < -0.4 is 5.32 Å². The lowest BCUT2D eigenvalue weighted by Crippen LogP contribution is -2.16. The number of carbonyl (C=O) groups is 1. The molecule has 0 aliphatic carbocycles. The number of benzene rings is 2. The van der Waals surface area contributed by atoms with Gasteiger partial charge in [-0.25, -0.2) is 13.2 Å². The fraction of sp³-hybridized carbons (Fsp3) is 0.0588. The Bertz CT molecular complexity index is 879. The summed E-state index contributed by atoms with van der Waals surface area (Å²) in [6.45, 7) is 0. The molecule has 122 valence electrons. The lowest BCUT2D eigenvalue weighted by atomic mass is 10.1. The Morgan fingerprint density at radius 1 is 1.04 bits per heavy atom. The third-order valence-corrected chi connectivity index (χ3v) is 3.27. The Balaban J connectivity index is 1.70. The molecule has 2 aromatic carbocycles. The number of anilines is 1. The molecule has 7 heteroatoms. The van der Waals surface area contributed by atoms with Crippen molar-refractivity contribution in [3.8, 4) is 11.3 Å². The van der Waals surface area contributed by atoms with Crippen molar-refractivity contribution in [1.82, 2.24) is 5.16 Å². The quantitative estimate of drug-likeness (QED) is 0.736. The molecular formula is C17H11F3N2O2. The molecule has 24 heavy (non-hydrogen) atoms. The van der Waals surface area contributed by atoms with Crippen LogP contribution >= 0.6 is 0 Å². The van der Waals surface area contributed by atoms with Crippen LogP contribution in [0.4, 0.5) is 18.9 Å². The zero-order valence-corrected chi connectivity index (χ0v) is 12.2. The summed E-state index contributed by atoms with van der Waals surface area (Å²) in [6, 6.07) is 12.4. The Labute approximate surface area is 134 Å². The van der Waals surface area contributed by atoms with E-state index in [0.29, 0.717) is 11.5 Å². The first-order valence-corrected chi connectivity index (χ1v) is 6.99. The van der Waals surface area contributed by atoms with Crippen molar-refractivity contribution < 1.29 is 22.5 Å². The molecule has 0 unspecified atom stereocenters. The van der Waals surface area contributed by atoms with E-state index >= 15 is 0 Å². The fourth-order valence-electron chi connectivity index (χ4n) is 2.11. The lowest BCUT2D eigenvalue weighted by molar-refractivity contribution is -0.115. The largest absolute Gasteiger partial charge is 0.356 e. The molecule has 0 spiro atoms. The fourth-order valence-corrected chi connectivity index (χ4v) is 2.11. The van der Waals surface area contributed by atoms with Crippen LogP contribution in [-0.2, 0) is 11.2 Å². The van der Waals surface area contributed by atoms with Crippen LogP contribution in [0.3, 0.4) is 0 Å². The van der Waals surface area contributed by atoms with Crippen molar-refractivity contribution in [1.29, 1.82) is 0 Å². The first-order valence-electron chi connectivity index (χ1n) is 6.99. The average Bonchev–Trinajstić information content (AvgIpc) is 3.04. The second-order valence-electron chi connectivity index (χ2n) is 5.00. The molecule has 0 aliphatic rings. The van der Waals surface area contributed by atoms with Gasteiger partial charge in [-0.1, -0.05) is 35.5 Å². The maximum absolute atomic E-state index is 13.5. The second-order valence-corrected chi connectivity index (χ2v) is 5.00. The summed E-state index contributed by atoms with van der Waals surface area (Å²) in [6.07, 6.45) is -0.200. The minimum absolute atomic E-state index is 0.200. The number of hydrogen-bond acceptors (Lipinski definition) is 3. The van der Waals surface area contributed by atoms with Crippen molar-refractivity contribution in [2.75, 3.05) is 5.32 Å². The highest BCUT2D eigenvalue weighted by molar-refractivity contribution is 5.92. The predicted octanol–water partition coefficient (Wildman–Crippen LogP) is 3.94. The molecule has 0 fully saturated rings. The number of amides is 1. The number of hydrogen-bond donors (Lipinski definition) is 1. The predicted molar refractivity (Wildman–Crippen MR) is 80.6 cm³/mol. The van der Waals surface area contributed by atoms with Gasteiger partial charge in [0, 0.05) is 11.6 Å². The van der Waals surface area contributed by atoms with Crippen molar-refractivity contribution in [2.24, 2.45) is 0 Å². The molecule has 3 rings (SSSR count). The molecule has 1 amide bonds. The van der Waals surface area contributed by atoms with Crippen molar-refractivity contribution in [3.05, 3.63) is 71.7 Å². The summed E-state index contributed by atoms with van der Waals surface area (Å²) < 4.78 is 44.7. The number of nitrogens with zero attached hydrogens (tertiary/aromatic N) is 1. The van der Waals surface area contributed by atoms with Gasteiger partial charge in [-0.15, -0.1) is 0 Å². The molecule has 0 atom stereocenters. The summed E-state index contributed by atoms with van der Waals surface area (Å²) >= 11 is 0. The molecule has 0 bridgehead atoms. The van der Waals surface area contributed by atoms with E-state index in [1.165, 1.54) is 0 Å².